The number of aromatic nitrogens is 3. The minimum atomic E-state index is -2.61. The van der Waals surface area contributed by atoms with Gasteiger partial charge in [0, 0.05) is 56.7 Å². The lowest BCUT2D eigenvalue weighted by Crippen LogP contribution is -2.39. The third-order valence-electron chi connectivity index (χ3n) is 7.97. The zero-order valence-corrected chi connectivity index (χ0v) is 19.9. The summed E-state index contributed by atoms with van der Waals surface area (Å²) in [4.78, 5) is 27.9. The van der Waals surface area contributed by atoms with Crippen molar-refractivity contribution in [3.8, 4) is 22.8 Å². The molecule has 1 aliphatic carbocycles. The van der Waals surface area contributed by atoms with Crippen molar-refractivity contribution in [1.29, 1.82) is 0 Å². The lowest BCUT2D eigenvalue weighted by atomic mass is 9.93. The molecular weight excluding hydrogens is 466 g/mol. The Bertz CT molecular complexity index is 1290. The van der Waals surface area contributed by atoms with Gasteiger partial charge in [-0.1, -0.05) is 6.07 Å². The van der Waals surface area contributed by atoms with Gasteiger partial charge in [0.15, 0.2) is 0 Å². The molecule has 0 amide bonds. The van der Waals surface area contributed by atoms with E-state index in [0.29, 0.717) is 28.4 Å². The normalized spacial score (nSPS) is 20.5. The van der Waals surface area contributed by atoms with E-state index in [-0.39, 0.29) is 36.5 Å². The number of pyridine rings is 1. The molecule has 3 aliphatic rings. The summed E-state index contributed by atoms with van der Waals surface area (Å²) in [7, 11) is 0. The summed E-state index contributed by atoms with van der Waals surface area (Å²) in [6.07, 6.45) is 6.15. The number of rotatable bonds is 5. The number of alkyl halides is 2. The van der Waals surface area contributed by atoms with Gasteiger partial charge in [-0.25, -0.2) is 18.7 Å². The molecule has 3 aromatic rings. The monoisotopic (exact) mass is 494 g/mol. The first-order valence-electron chi connectivity index (χ1n) is 12.5. The van der Waals surface area contributed by atoms with Crippen LogP contribution in [-0.2, 0) is 0 Å². The lowest BCUT2D eigenvalue weighted by Gasteiger charge is -2.34. The molecule has 2 saturated heterocycles. The molecule has 2 aliphatic heterocycles. The van der Waals surface area contributed by atoms with Crippen LogP contribution in [-0.4, -0.2) is 52.0 Å². The summed E-state index contributed by atoms with van der Waals surface area (Å²) >= 11 is 0. The van der Waals surface area contributed by atoms with Crippen LogP contribution in [0.15, 0.2) is 42.6 Å². The highest BCUT2D eigenvalue weighted by atomic mass is 19.3. The molecule has 188 valence electrons. The number of hydrogen-bond acceptors (Lipinski definition) is 6. The number of piperidine rings is 2. The lowest BCUT2D eigenvalue weighted by molar-refractivity contribution is -0.384. The Morgan fingerprint density at radius 2 is 1.67 bits per heavy atom. The summed E-state index contributed by atoms with van der Waals surface area (Å²) in [6.45, 7) is 2.28. The highest BCUT2D eigenvalue weighted by Crippen LogP contribution is 2.54. The number of H-pyrrole nitrogens is 1. The largest absolute Gasteiger partial charge is 0.371 e. The highest BCUT2D eigenvalue weighted by Gasteiger charge is 2.44. The van der Waals surface area contributed by atoms with Gasteiger partial charge in [-0.3, -0.25) is 10.1 Å². The fourth-order valence-electron chi connectivity index (χ4n) is 5.39. The van der Waals surface area contributed by atoms with E-state index in [4.69, 9.17) is 4.98 Å². The number of hydrogen-bond donors (Lipinski definition) is 1. The molecule has 1 N–H and O–H groups in total. The van der Waals surface area contributed by atoms with E-state index in [9.17, 15) is 18.9 Å². The number of nitro groups is 1. The number of benzene rings is 1. The molecule has 1 saturated carbocycles. The van der Waals surface area contributed by atoms with Gasteiger partial charge >= 0.3 is 0 Å². The first kappa shape index (κ1) is 22.9. The van der Waals surface area contributed by atoms with E-state index < -0.39 is 5.92 Å². The molecule has 36 heavy (non-hydrogen) atoms. The predicted molar refractivity (Wildman–Crippen MR) is 133 cm³/mol. The summed E-state index contributed by atoms with van der Waals surface area (Å²) in [5.41, 5.74) is 3.56. The topological polar surface area (TPSA) is 91.2 Å². The molecule has 6 rings (SSSR count). The maximum atomic E-state index is 13.6. The maximum Gasteiger partial charge on any atom is 0.271 e. The van der Waals surface area contributed by atoms with E-state index >= 15 is 0 Å². The van der Waals surface area contributed by atoms with Gasteiger partial charge in [0.05, 0.1) is 28.2 Å². The number of non-ortho nitro benzene ring substituents is 1. The van der Waals surface area contributed by atoms with Crippen molar-refractivity contribution in [3.05, 3.63) is 52.7 Å². The number of anilines is 2. The van der Waals surface area contributed by atoms with Crippen LogP contribution in [0.2, 0.25) is 0 Å². The minimum Gasteiger partial charge on any atom is -0.371 e. The van der Waals surface area contributed by atoms with Gasteiger partial charge in [0.2, 0.25) is 0 Å². The second-order valence-corrected chi connectivity index (χ2v) is 10.3. The summed E-state index contributed by atoms with van der Waals surface area (Å²) in [5.74, 6) is -1.33. The van der Waals surface area contributed by atoms with Crippen molar-refractivity contribution >= 4 is 17.2 Å². The Hall–Kier alpha value is -3.56. The van der Waals surface area contributed by atoms with Crippen LogP contribution in [0, 0.1) is 15.5 Å². The fraction of sp³-hybridized carbons (Fsp3) is 0.462. The quantitative estimate of drug-likeness (QED) is 0.363. The Morgan fingerprint density at radius 3 is 2.36 bits per heavy atom. The first-order valence-corrected chi connectivity index (χ1v) is 12.5. The third kappa shape index (κ3) is 4.40. The Kier molecular flexibility index (Phi) is 5.42. The van der Waals surface area contributed by atoms with Crippen molar-refractivity contribution in [1.82, 2.24) is 15.0 Å². The molecule has 2 aromatic heterocycles. The van der Waals surface area contributed by atoms with E-state index in [1.165, 1.54) is 18.9 Å². The first-order chi connectivity index (χ1) is 17.3. The summed E-state index contributed by atoms with van der Waals surface area (Å²) in [6, 6.07) is 10.5. The van der Waals surface area contributed by atoms with E-state index in [1.807, 2.05) is 23.1 Å². The number of nitrogens with zero attached hydrogens (tertiary/aromatic N) is 5. The van der Waals surface area contributed by atoms with Gasteiger partial charge in [-0.15, -0.1) is 0 Å². The second-order valence-electron chi connectivity index (χ2n) is 10.3. The van der Waals surface area contributed by atoms with Crippen LogP contribution in [0.1, 0.15) is 38.5 Å². The van der Waals surface area contributed by atoms with Crippen molar-refractivity contribution in [2.24, 2.45) is 5.41 Å². The molecule has 0 unspecified atom stereocenters. The van der Waals surface area contributed by atoms with E-state index in [0.717, 1.165) is 37.2 Å². The molecule has 10 heteroatoms. The Balaban J connectivity index is 1.28. The number of halogens is 2. The molecule has 1 aromatic carbocycles. The fourth-order valence-corrected chi connectivity index (χ4v) is 5.39. The zero-order valence-electron chi connectivity index (χ0n) is 19.9. The van der Waals surface area contributed by atoms with Gasteiger partial charge < -0.3 is 14.8 Å². The summed E-state index contributed by atoms with van der Waals surface area (Å²) < 4.78 is 27.2. The van der Waals surface area contributed by atoms with Crippen LogP contribution in [0.4, 0.5) is 26.0 Å². The van der Waals surface area contributed by atoms with Crippen LogP contribution in [0.5, 0.6) is 0 Å². The van der Waals surface area contributed by atoms with Gasteiger partial charge in [-0.05, 0) is 49.3 Å². The highest BCUT2D eigenvalue weighted by molar-refractivity contribution is 5.78. The van der Waals surface area contributed by atoms with Gasteiger partial charge in [-0.2, -0.15) is 0 Å². The maximum absolute atomic E-state index is 13.6. The molecule has 4 heterocycles. The molecular formula is C26H28F2N6O2. The number of aromatic amines is 1. The van der Waals surface area contributed by atoms with Crippen molar-refractivity contribution in [2.45, 2.75) is 44.4 Å². The molecule has 3 fully saturated rings. The molecule has 8 nitrogen and oxygen atoms in total. The zero-order chi connectivity index (χ0) is 24.9. The van der Waals surface area contributed by atoms with Crippen molar-refractivity contribution < 1.29 is 13.7 Å². The molecule has 0 radical (unpaired) electrons. The summed E-state index contributed by atoms with van der Waals surface area (Å²) in [5, 5.41) is 11.5. The average Bonchev–Trinajstić information content (AvgIpc) is 3.44. The van der Waals surface area contributed by atoms with Crippen LogP contribution >= 0.6 is 0 Å². The number of nitro benzene ring substituents is 1. The molecule has 1 spiro atoms. The SMILES string of the molecule is O=[N+]([O-])c1ccc(-c2ncc(-c3cccc(N4CCC(F)(F)CC4)n3)[nH]2)c(N2CCC3(CC2)CC3)c1. The van der Waals surface area contributed by atoms with Crippen molar-refractivity contribution in [3.63, 3.8) is 0 Å². The minimum absolute atomic E-state index is 0.0636. The number of nitrogens with one attached hydrogen (secondary N) is 1. The number of imidazole rings is 1. The smallest absolute Gasteiger partial charge is 0.271 e. The van der Waals surface area contributed by atoms with E-state index in [2.05, 4.69) is 14.9 Å². The Morgan fingerprint density at radius 1 is 0.944 bits per heavy atom. The van der Waals surface area contributed by atoms with Gasteiger partial charge in [0.25, 0.3) is 11.6 Å². The third-order valence-corrected chi connectivity index (χ3v) is 7.97. The predicted octanol–water partition coefficient (Wildman–Crippen LogP) is 5.66. The van der Waals surface area contributed by atoms with Gasteiger partial charge in [0.1, 0.15) is 11.6 Å². The standard InChI is InChI=1S/C26H28F2N6O2/c27-26(28)10-14-33(15-11-26)23-3-1-2-20(30-23)21-17-29-24(31-21)19-5-4-18(34(35)36)16-22(19)32-12-8-25(6-7-25)9-13-32/h1-5,16-17H,6-15H2,(H,29,31). The van der Waals surface area contributed by atoms with Crippen LogP contribution in [0.25, 0.3) is 22.8 Å². The van der Waals surface area contributed by atoms with Crippen LogP contribution < -0.4 is 9.80 Å². The average molecular weight is 495 g/mol. The van der Waals surface area contributed by atoms with Crippen LogP contribution in [0.3, 0.4) is 0 Å². The Labute approximate surface area is 207 Å². The molecule has 0 bridgehead atoms. The van der Waals surface area contributed by atoms with E-state index in [1.54, 1.807) is 18.3 Å². The van der Waals surface area contributed by atoms with Crippen molar-refractivity contribution in [2.75, 3.05) is 36.0 Å². The second kappa shape index (κ2) is 8.53. The molecule has 0 atom stereocenters.